The van der Waals surface area contributed by atoms with E-state index in [1.165, 1.54) is 7.11 Å². The molecule has 1 aliphatic heterocycles. The van der Waals surface area contributed by atoms with Crippen molar-refractivity contribution in [3.8, 4) is 22.6 Å². The molecule has 0 radical (unpaired) electrons. The second kappa shape index (κ2) is 8.43. The van der Waals surface area contributed by atoms with Crippen LogP contribution in [0.15, 0.2) is 41.6 Å². The molecule has 5 rings (SSSR count). The molecule has 1 spiro atoms. The Morgan fingerprint density at radius 3 is 2.41 bits per heavy atom. The summed E-state index contributed by atoms with van der Waals surface area (Å²) >= 11 is 0. The van der Waals surface area contributed by atoms with Crippen molar-refractivity contribution in [2.24, 2.45) is 18.4 Å². The molecule has 1 aliphatic carbocycles. The molecule has 1 saturated heterocycles. The highest BCUT2D eigenvalue weighted by Gasteiger charge is 2.54. The lowest BCUT2D eigenvalue weighted by Gasteiger charge is -2.58. The van der Waals surface area contributed by atoms with Crippen LogP contribution in [0.2, 0.25) is 0 Å². The summed E-state index contributed by atoms with van der Waals surface area (Å²) in [5.41, 5.74) is 2.96. The maximum atomic E-state index is 12.6. The monoisotopic (exact) mass is 463 g/mol. The number of esters is 1. The van der Waals surface area contributed by atoms with Crippen molar-refractivity contribution in [1.82, 2.24) is 14.5 Å². The summed E-state index contributed by atoms with van der Waals surface area (Å²) in [6.45, 7) is 2.61. The molecule has 2 aliphatic rings. The van der Waals surface area contributed by atoms with Gasteiger partial charge >= 0.3 is 5.97 Å². The Morgan fingerprint density at radius 1 is 1.12 bits per heavy atom. The van der Waals surface area contributed by atoms with Crippen molar-refractivity contribution in [2.45, 2.75) is 19.4 Å². The summed E-state index contributed by atoms with van der Waals surface area (Å²) in [5.74, 6) is 1.44. The molecule has 8 heteroatoms. The average Bonchev–Trinajstić information content (AvgIpc) is 2.81. The zero-order valence-corrected chi connectivity index (χ0v) is 20.0. The zero-order chi connectivity index (χ0) is 24.0. The van der Waals surface area contributed by atoms with E-state index in [0.717, 1.165) is 59.5 Å². The largest absolute Gasteiger partial charge is 0.496 e. The van der Waals surface area contributed by atoms with Crippen molar-refractivity contribution in [3.05, 3.63) is 52.7 Å². The van der Waals surface area contributed by atoms with Crippen LogP contribution in [0.4, 0.5) is 0 Å². The second-order valence-corrected chi connectivity index (χ2v) is 9.51. The van der Waals surface area contributed by atoms with Crippen LogP contribution < -0.4 is 15.0 Å². The van der Waals surface area contributed by atoms with Gasteiger partial charge in [-0.1, -0.05) is 0 Å². The Labute approximate surface area is 198 Å². The number of nitrogens with zero attached hydrogens (tertiary/aromatic N) is 3. The quantitative estimate of drug-likeness (QED) is 0.520. The minimum Gasteiger partial charge on any atom is -0.496 e. The first-order valence-electron chi connectivity index (χ1n) is 11.4. The van der Waals surface area contributed by atoms with Gasteiger partial charge in [-0.3, -0.25) is 19.5 Å². The third-order valence-corrected chi connectivity index (χ3v) is 7.30. The third-order valence-electron chi connectivity index (χ3n) is 7.30. The van der Waals surface area contributed by atoms with E-state index in [1.807, 2.05) is 24.4 Å². The fourth-order valence-corrected chi connectivity index (χ4v) is 5.65. The van der Waals surface area contributed by atoms with Gasteiger partial charge in [0.2, 0.25) is 0 Å². The molecule has 0 atom stereocenters. The van der Waals surface area contributed by atoms with E-state index in [0.29, 0.717) is 11.9 Å². The normalized spacial score (nSPS) is 17.3. The molecule has 34 heavy (non-hydrogen) atoms. The first kappa shape index (κ1) is 22.4. The summed E-state index contributed by atoms with van der Waals surface area (Å²) in [7, 11) is 6.52. The molecule has 1 aromatic carbocycles. The van der Waals surface area contributed by atoms with Crippen molar-refractivity contribution in [1.29, 1.82) is 0 Å². The Bertz CT molecular complexity index is 1290. The Hall–Kier alpha value is -3.39. The number of fused-ring (bicyclic) bond motifs is 1. The van der Waals surface area contributed by atoms with Crippen molar-refractivity contribution >= 4 is 16.7 Å². The van der Waals surface area contributed by atoms with Crippen LogP contribution >= 0.6 is 0 Å². The van der Waals surface area contributed by atoms with Gasteiger partial charge in [0.25, 0.3) is 5.56 Å². The van der Waals surface area contributed by atoms with Gasteiger partial charge < -0.3 is 18.8 Å². The molecule has 3 heterocycles. The molecular formula is C26H29N3O5. The van der Waals surface area contributed by atoms with E-state index in [2.05, 4.69) is 9.88 Å². The summed E-state index contributed by atoms with van der Waals surface area (Å²) in [6.07, 6.45) is 6.94. The summed E-state index contributed by atoms with van der Waals surface area (Å²) < 4.78 is 18.0. The molecule has 0 N–H and O–H groups in total. The SMILES string of the molecule is COC(=O)C1CC2(C1)CN(Cc1c(OC)cc(-c3cn(C)c(=O)c4cnccc34)cc1OC)C2. The predicted octanol–water partition coefficient (Wildman–Crippen LogP) is 3.00. The highest BCUT2D eigenvalue weighted by molar-refractivity contribution is 5.95. The van der Waals surface area contributed by atoms with Gasteiger partial charge in [-0.15, -0.1) is 0 Å². The van der Waals surface area contributed by atoms with Gasteiger partial charge in [-0.05, 0) is 47.4 Å². The summed E-state index contributed by atoms with van der Waals surface area (Å²) in [6, 6.07) is 5.87. The molecule has 3 aromatic rings. The lowest BCUT2D eigenvalue weighted by Crippen LogP contribution is -2.62. The number of hydrogen-bond acceptors (Lipinski definition) is 7. The fourth-order valence-electron chi connectivity index (χ4n) is 5.65. The number of aryl methyl sites for hydroxylation is 1. The van der Waals surface area contributed by atoms with Gasteiger partial charge in [-0.25, -0.2) is 0 Å². The van der Waals surface area contributed by atoms with Crippen LogP contribution in [0.1, 0.15) is 18.4 Å². The molecule has 2 fully saturated rings. The molecular weight excluding hydrogens is 434 g/mol. The molecule has 0 unspecified atom stereocenters. The van der Waals surface area contributed by atoms with E-state index in [-0.39, 0.29) is 22.9 Å². The van der Waals surface area contributed by atoms with Crippen molar-refractivity contribution in [2.75, 3.05) is 34.4 Å². The van der Waals surface area contributed by atoms with E-state index in [4.69, 9.17) is 14.2 Å². The number of aromatic nitrogens is 2. The van der Waals surface area contributed by atoms with Crippen LogP contribution in [0.5, 0.6) is 11.5 Å². The number of likely N-dealkylation sites (tertiary alicyclic amines) is 1. The smallest absolute Gasteiger partial charge is 0.308 e. The molecule has 178 valence electrons. The summed E-state index contributed by atoms with van der Waals surface area (Å²) in [4.78, 5) is 30.8. The van der Waals surface area contributed by atoms with Gasteiger partial charge in [0.1, 0.15) is 11.5 Å². The average molecular weight is 464 g/mol. The first-order valence-corrected chi connectivity index (χ1v) is 11.4. The lowest BCUT2D eigenvalue weighted by molar-refractivity contribution is -0.164. The fraction of sp³-hybridized carbons (Fsp3) is 0.423. The standard InChI is InChI=1S/C26H29N3O5/c1-28-12-20(18-5-6-27-11-19(18)24(28)30)16-7-22(32-2)21(23(8-16)33-3)13-29-14-26(15-29)9-17(10-26)25(31)34-4/h5-8,11-12,17H,9-10,13-15H2,1-4H3. The van der Waals surface area contributed by atoms with Crippen molar-refractivity contribution in [3.63, 3.8) is 0 Å². The number of pyridine rings is 2. The van der Waals surface area contributed by atoms with Gasteiger partial charge in [-0.2, -0.15) is 0 Å². The highest BCUT2D eigenvalue weighted by Crippen LogP contribution is 2.53. The number of carbonyl (C=O) groups is 1. The molecule has 2 aromatic heterocycles. The van der Waals surface area contributed by atoms with Crippen molar-refractivity contribution < 1.29 is 19.0 Å². The number of methoxy groups -OCH3 is 3. The van der Waals surface area contributed by atoms with Gasteiger partial charge in [0, 0.05) is 50.8 Å². The van der Waals surface area contributed by atoms with E-state index < -0.39 is 0 Å². The minimum atomic E-state index is -0.0929. The highest BCUT2D eigenvalue weighted by atomic mass is 16.5. The van der Waals surface area contributed by atoms with Crippen LogP contribution in [0.3, 0.4) is 0 Å². The molecule has 0 amide bonds. The van der Waals surface area contributed by atoms with E-state index in [1.54, 1.807) is 38.2 Å². The number of benzene rings is 1. The number of ether oxygens (including phenoxy) is 3. The maximum absolute atomic E-state index is 12.6. The van der Waals surface area contributed by atoms with Crippen LogP contribution in [-0.4, -0.2) is 54.8 Å². The van der Waals surface area contributed by atoms with Crippen LogP contribution in [-0.2, 0) is 23.1 Å². The Morgan fingerprint density at radius 2 is 1.79 bits per heavy atom. The summed E-state index contributed by atoms with van der Waals surface area (Å²) in [5, 5.41) is 1.41. The molecule has 8 nitrogen and oxygen atoms in total. The molecule has 0 bridgehead atoms. The first-order chi connectivity index (χ1) is 16.4. The number of carbonyl (C=O) groups excluding carboxylic acids is 1. The number of rotatable bonds is 6. The maximum Gasteiger partial charge on any atom is 0.308 e. The minimum absolute atomic E-state index is 0.0439. The lowest BCUT2D eigenvalue weighted by atomic mass is 9.57. The van der Waals surface area contributed by atoms with Gasteiger partial charge in [0.15, 0.2) is 0 Å². The van der Waals surface area contributed by atoms with Gasteiger partial charge in [0.05, 0.1) is 38.2 Å². The Kier molecular flexibility index (Phi) is 5.56. The van der Waals surface area contributed by atoms with E-state index in [9.17, 15) is 9.59 Å². The van der Waals surface area contributed by atoms with Crippen LogP contribution in [0, 0.1) is 11.3 Å². The topological polar surface area (TPSA) is 82.9 Å². The zero-order valence-electron chi connectivity index (χ0n) is 20.0. The second-order valence-electron chi connectivity index (χ2n) is 9.51. The van der Waals surface area contributed by atoms with Crippen LogP contribution in [0.25, 0.3) is 21.9 Å². The number of hydrogen-bond donors (Lipinski definition) is 0. The van der Waals surface area contributed by atoms with E-state index >= 15 is 0 Å². The Balaban J connectivity index is 1.43. The molecule has 1 saturated carbocycles. The predicted molar refractivity (Wildman–Crippen MR) is 128 cm³/mol. The third kappa shape index (κ3) is 3.62.